The predicted octanol–water partition coefficient (Wildman–Crippen LogP) is 3.20. The molecule has 136 valence electrons. The van der Waals surface area contributed by atoms with Gasteiger partial charge in [0.25, 0.3) is 5.91 Å². The molecule has 1 atom stereocenters. The van der Waals surface area contributed by atoms with E-state index in [0.29, 0.717) is 24.6 Å². The molecule has 25 heavy (non-hydrogen) atoms. The second-order valence-electron chi connectivity index (χ2n) is 6.49. The number of carbonyl (C=O) groups excluding carboxylic acids is 1. The number of nitrogens with one attached hydrogen (secondary N) is 1. The maximum absolute atomic E-state index is 12.7. The molecule has 2 aromatic rings. The van der Waals surface area contributed by atoms with Crippen molar-refractivity contribution in [2.75, 3.05) is 6.54 Å². The van der Waals surface area contributed by atoms with Gasteiger partial charge in [0.1, 0.15) is 0 Å². The van der Waals surface area contributed by atoms with Gasteiger partial charge < -0.3 is 11.1 Å². The molecule has 0 bridgehead atoms. The van der Waals surface area contributed by atoms with Crippen molar-refractivity contribution in [1.82, 2.24) is 15.1 Å². The van der Waals surface area contributed by atoms with E-state index in [1.165, 1.54) is 0 Å². The molecule has 1 saturated carbocycles. The molecule has 1 unspecified atom stereocenters. The van der Waals surface area contributed by atoms with Crippen LogP contribution in [0.5, 0.6) is 0 Å². The van der Waals surface area contributed by atoms with E-state index < -0.39 is 0 Å². The van der Waals surface area contributed by atoms with Gasteiger partial charge >= 0.3 is 0 Å². The third-order valence-electron chi connectivity index (χ3n) is 4.59. The zero-order chi connectivity index (χ0) is 17.3. The molecule has 1 aromatic carbocycles. The van der Waals surface area contributed by atoms with E-state index in [9.17, 15) is 4.79 Å². The molecule has 1 aliphatic carbocycles. The van der Waals surface area contributed by atoms with Gasteiger partial charge in [-0.1, -0.05) is 28.1 Å². The molecule has 1 heterocycles. The molecule has 5 nitrogen and oxygen atoms in total. The molecule has 0 aliphatic heterocycles. The third kappa shape index (κ3) is 4.63. The summed E-state index contributed by atoms with van der Waals surface area (Å²) < 4.78 is 2.93. The average molecular weight is 428 g/mol. The van der Waals surface area contributed by atoms with Crippen LogP contribution < -0.4 is 11.1 Å². The second-order valence-corrected chi connectivity index (χ2v) is 7.40. The Morgan fingerprint density at radius 3 is 2.76 bits per heavy atom. The smallest absolute Gasteiger partial charge is 0.255 e. The van der Waals surface area contributed by atoms with E-state index in [-0.39, 0.29) is 24.4 Å². The lowest BCUT2D eigenvalue weighted by Gasteiger charge is -2.16. The Bertz CT molecular complexity index is 758. The molecule has 3 N–H and O–H groups in total. The minimum atomic E-state index is -0.0622. The third-order valence-corrected chi connectivity index (χ3v) is 5.08. The van der Waals surface area contributed by atoms with Gasteiger partial charge in [-0.15, -0.1) is 12.4 Å². The van der Waals surface area contributed by atoms with Gasteiger partial charge in [0.05, 0.1) is 17.8 Å². The highest BCUT2D eigenvalue weighted by Crippen LogP contribution is 2.32. The Labute approximate surface area is 162 Å². The summed E-state index contributed by atoms with van der Waals surface area (Å²) in [6, 6.07) is 8.19. The Balaban J connectivity index is 0.00000225. The molecule has 1 aliphatic rings. The summed E-state index contributed by atoms with van der Waals surface area (Å²) in [4.78, 5) is 12.7. The summed E-state index contributed by atoms with van der Waals surface area (Å²) in [6.45, 7) is 4.96. The highest BCUT2D eigenvalue weighted by molar-refractivity contribution is 9.10. The largest absolute Gasteiger partial charge is 0.348 e. The molecule has 0 spiro atoms. The van der Waals surface area contributed by atoms with Crippen molar-refractivity contribution in [3.63, 3.8) is 0 Å². The molecule has 3 rings (SSSR count). The zero-order valence-electron chi connectivity index (χ0n) is 14.5. The number of halogens is 2. The number of aromatic nitrogens is 2. The van der Waals surface area contributed by atoms with Crippen molar-refractivity contribution in [3.05, 3.63) is 51.3 Å². The standard InChI is InChI=1S/C18H23BrN4O.ClH/c1-11-17(18(24)21-16(9-20)14-6-7-14)12(2)23(22-11)10-13-4-3-5-15(19)8-13;/h3-5,8,14,16H,6-7,9-10,20H2,1-2H3,(H,21,24);1H. The fraction of sp³-hybridized carbons (Fsp3) is 0.444. The summed E-state index contributed by atoms with van der Waals surface area (Å²) in [5.74, 6) is 0.476. The van der Waals surface area contributed by atoms with Crippen molar-refractivity contribution in [2.45, 2.75) is 39.3 Å². The van der Waals surface area contributed by atoms with Crippen LogP contribution in [0.4, 0.5) is 0 Å². The van der Waals surface area contributed by atoms with Crippen LogP contribution in [0.25, 0.3) is 0 Å². The zero-order valence-corrected chi connectivity index (χ0v) is 16.9. The average Bonchev–Trinajstić information content (AvgIpc) is 3.33. The topological polar surface area (TPSA) is 72.9 Å². The number of rotatable bonds is 6. The van der Waals surface area contributed by atoms with E-state index in [1.54, 1.807) is 0 Å². The minimum absolute atomic E-state index is 0. The van der Waals surface area contributed by atoms with Crippen molar-refractivity contribution >= 4 is 34.2 Å². The van der Waals surface area contributed by atoms with E-state index in [0.717, 1.165) is 34.3 Å². The van der Waals surface area contributed by atoms with E-state index in [4.69, 9.17) is 5.73 Å². The Hall–Kier alpha value is -1.37. The number of carbonyl (C=O) groups is 1. The fourth-order valence-corrected chi connectivity index (χ4v) is 3.54. The molecule has 1 amide bonds. The van der Waals surface area contributed by atoms with Crippen molar-refractivity contribution in [1.29, 1.82) is 0 Å². The highest BCUT2D eigenvalue weighted by atomic mass is 79.9. The summed E-state index contributed by atoms with van der Waals surface area (Å²) in [6.07, 6.45) is 2.31. The SMILES string of the molecule is Cc1nn(Cc2cccc(Br)c2)c(C)c1C(=O)NC(CN)C1CC1.Cl. The quantitative estimate of drug-likeness (QED) is 0.743. The summed E-state index contributed by atoms with van der Waals surface area (Å²) >= 11 is 3.49. The first-order valence-electron chi connectivity index (χ1n) is 8.29. The number of nitrogens with zero attached hydrogens (tertiary/aromatic N) is 2. The van der Waals surface area contributed by atoms with E-state index >= 15 is 0 Å². The van der Waals surface area contributed by atoms with Crippen LogP contribution in [0.1, 0.15) is 40.2 Å². The maximum Gasteiger partial charge on any atom is 0.255 e. The first-order chi connectivity index (χ1) is 11.5. The molecule has 7 heteroatoms. The first-order valence-corrected chi connectivity index (χ1v) is 9.08. The van der Waals surface area contributed by atoms with Gasteiger partial charge in [-0.25, -0.2) is 0 Å². The summed E-state index contributed by atoms with van der Waals surface area (Å²) in [7, 11) is 0. The number of nitrogens with two attached hydrogens (primary N) is 1. The highest BCUT2D eigenvalue weighted by Gasteiger charge is 2.32. The van der Waals surface area contributed by atoms with Crippen molar-refractivity contribution in [2.24, 2.45) is 11.7 Å². The maximum atomic E-state index is 12.7. The molecule has 0 saturated heterocycles. The van der Waals surface area contributed by atoms with Crippen LogP contribution in [0.15, 0.2) is 28.7 Å². The lowest BCUT2D eigenvalue weighted by atomic mass is 10.1. The van der Waals surface area contributed by atoms with Crippen molar-refractivity contribution < 1.29 is 4.79 Å². The van der Waals surface area contributed by atoms with Gasteiger partial charge in [-0.05, 0) is 50.3 Å². The Kier molecular flexibility index (Phi) is 6.65. The van der Waals surface area contributed by atoms with Gasteiger partial charge in [-0.3, -0.25) is 9.48 Å². The Morgan fingerprint density at radius 1 is 1.44 bits per heavy atom. The van der Waals surface area contributed by atoms with Crippen LogP contribution in [0.2, 0.25) is 0 Å². The minimum Gasteiger partial charge on any atom is -0.348 e. The number of hydrogen-bond donors (Lipinski definition) is 2. The molecule has 1 aromatic heterocycles. The van der Waals surface area contributed by atoms with Crippen LogP contribution in [-0.2, 0) is 6.54 Å². The first kappa shape index (κ1) is 19.9. The number of aryl methyl sites for hydroxylation is 1. The number of benzene rings is 1. The van der Waals surface area contributed by atoms with Crippen LogP contribution in [0, 0.1) is 19.8 Å². The Morgan fingerprint density at radius 2 is 2.16 bits per heavy atom. The van der Waals surface area contributed by atoms with Crippen molar-refractivity contribution in [3.8, 4) is 0 Å². The van der Waals surface area contributed by atoms with Crippen LogP contribution in [-0.4, -0.2) is 28.3 Å². The van der Waals surface area contributed by atoms with Crippen LogP contribution in [0.3, 0.4) is 0 Å². The molecular weight excluding hydrogens is 404 g/mol. The van der Waals surface area contributed by atoms with Gasteiger partial charge in [-0.2, -0.15) is 5.10 Å². The monoisotopic (exact) mass is 426 g/mol. The number of amides is 1. The fourth-order valence-electron chi connectivity index (χ4n) is 3.10. The summed E-state index contributed by atoms with van der Waals surface area (Å²) in [5.41, 5.74) is 9.25. The lowest BCUT2D eigenvalue weighted by molar-refractivity contribution is 0.0932. The van der Waals surface area contributed by atoms with Gasteiger partial charge in [0.15, 0.2) is 0 Å². The van der Waals surface area contributed by atoms with Crippen LogP contribution >= 0.6 is 28.3 Å². The lowest BCUT2D eigenvalue weighted by Crippen LogP contribution is -2.42. The van der Waals surface area contributed by atoms with E-state index in [1.807, 2.05) is 30.7 Å². The van der Waals surface area contributed by atoms with E-state index in [2.05, 4.69) is 38.5 Å². The normalized spacial score (nSPS) is 14.7. The number of hydrogen-bond acceptors (Lipinski definition) is 3. The molecule has 0 radical (unpaired) electrons. The summed E-state index contributed by atoms with van der Waals surface area (Å²) in [5, 5.41) is 7.65. The second kappa shape index (κ2) is 8.34. The predicted molar refractivity (Wildman–Crippen MR) is 105 cm³/mol. The van der Waals surface area contributed by atoms with Gasteiger partial charge in [0, 0.05) is 22.8 Å². The molecule has 1 fully saturated rings. The molecular formula is C18H24BrClN4O. The van der Waals surface area contributed by atoms with Gasteiger partial charge in [0.2, 0.25) is 0 Å².